The normalized spacial score (nSPS) is 11.9. The lowest BCUT2D eigenvalue weighted by Crippen LogP contribution is -2.30. The molecular formula is C19H18N2O5S. The number of carbonyl (C=O) groups is 2. The van der Waals surface area contributed by atoms with Gasteiger partial charge in [-0.25, -0.2) is 13.2 Å². The lowest BCUT2D eigenvalue weighted by atomic mass is 10.1. The zero-order valence-electron chi connectivity index (χ0n) is 14.8. The Labute approximate surface area is 157 Å². The predicted octanol–water partition coefficient (Wildman–Crippen LogP) is 2.29. The van der Waals surface area contributed by atoms with Gasteiger partial charge < -0.3 is 10.1 Å². The number of rotatable bonds is 6. The monoisotopic (exact) mass is 386 g/mol. The Bertz CT molecular complexity index is 1010. The second-order valence-electron chi connectivity index (χ2n) is 6.00. The van der Waals surface area contributed by atoms with Gasteiger partial charge in [0.15, 0.2) is 15.9 Å². The van der Waals surface area contributed by atoms with Crippen LogP contribution in [0.1, 0.15) is 28.4 Å². The van der Waals surface area contributed by atoms with E-state index in [4.69, 9.17) is 10.00 Å². The van der Waals surface area contributed by atoms with Gasteiger partial charge in [-0.3, -0.25) is 4.79 Å². The number of benzene rings is 2. The highest BCUT2D eigenvalue weighted by Crippen LogP contribution is 2.13. The van der Waals surface area contributed by atoms with Gasteiger partial charge in [0, 0.05) is 11.9 Å². The molecule has 0 radical (unpaired) electrons. The van der Waals surface area contributed by atoms with Crippen molar-refractivity contribution in [1.29, 1.82) is 5.26 Å². The minimum absolute atomic E-state index is 0.155. The van der Waals surface area contributed by atoms with E-state index in [2.05, 4.69) is 5.32 Å². The fourth-order valence-electron chi connectivity index (χ4n) is 2.28. The second-order valence-corrected chi connectivity index (χ2v) is 8.14. The van der Waals surface area contributed by atoms with Crippen LogP contribution in [-0.2, 0) is 25.1 Å². The van der Waals surface area contributed by atoms with Crippen molar-refractivity contribution in [1.82, 2.24) is 0 Å². The van der Waals surface area contributed by atoms with Gasteiger partial charge in [0.05, 0.1) is 22.9 Å². The Balaban J connectivity index is 2.03. The number of hydrogen-bond acceptors (Lipinski definition) is 6. The Morgan fingerprint density at radius 1 is 1.19 bits per heavy atom. The predicted molar refractivity (Wildman–Crippen MR) is 99.7 cm³/mol. The van der Waals surface area contributed by atoms with E-state index in [0.29, 0.717) is 16.8 Å². The molecule has 8 heteroatoms. The summed E-state index contributed by atoms with van der Waals surface area (Å²) in [5.74, 6) is -1.48. The summed E-state index contributed by atoms with van der Waals surface area (Å²) in [5.41, 5.74) is 1.41. The van der Waals surface area contributed by atoms with Crippen LogP contribution in [0.3, 0.4) is 0 Å². The maximum atomic E-state index is 12.2. The van der Waals surface area contributed by atoms with E-state index in [1.54, 1.807) is 30.3 Å². The van der Waals surface area contributed by atoms with Gasteiger partial charge >= 0.3 is 5.97 Å². The summed E-state index contributed by atoms with van der Waals surface area (Å²) in [6.07, 6.45) is 0.0212. The molecule has 2 rings (SSSR count). The Morgan fingerprint density at radius 2 is 1.89 bits per heavy atom. The van der Waals surface area contributed by atoms with E-state index in [0.717, 1.165) is 6.26 Å². The molecule has 1 amide bonds. The van der Waals surface area contributed by atoms with Gasteiger partial charge in [0.25, 0.3) is 5.91 Å². The van der Waals surface area contributed by atoms with Crippen LogP contribution in [0.15, 0.2) is 48.5 Å². The van der Waals surface area contributed by atoms with Gasteiger partial charge in [-0.1, -0.05) is 18.2 Å². The number of ether oxygens (including phenoxy) is 1. The third-order valence-corrected chi connectivity index (χ3v) is 4.36. The summed E-state index contributed by atoms with van der Waals surface area (Å²) >= 11 is 0. The molecule has 0 bridgehead atoms. The van der Waals surface area contributed by atoms with E-state index in [1.165, 1.54) is 25.1 Å². The third kappa shape index (κ3) is 6.24. The van der Waals surface area contributed by atoms with Crippen molar-refractivity contribution in [2.45, 2.75) is 18.8 Å². The maximum Gasteiger partial charge on any atom is 0.338 e. The molecule has 140 valence electrons. The molecule has 2 aromatic rings. The highest BCUT2D eigenvalue weighted by molar-refractivity contribution is 7.89. The number of nitrogens with zero attached hydrogens (tertiary/aromatic N) is 1. The van der Waals surface area contributed by atoms with Gasteiger partial charge in [-0.05, 0) is 42.8 Å². The fraction of sp³-hybridized carbons (Fsp3) is 0.211. The minimum Gasteiger partial charge on any atom is -0.449 e. The Hall–Kier alpha value is -3.18. The van der Waals surface area contributed by atoms with Gasteiger partial charge in [0.2, 0.25) is 0 Å². The lowest BCUT2D eigenvalue weighted by molar-refractivity contribution is -0.123. The number of sulfone groups is 1. The van der Waals surface area contributed by atoms with Crippen LogP contribution in [-0.4, -0.2) is 32.7 Å². The minimum atomic E-state index is -3.24. The van der Waals surface area contributed by atoms with Gasteiger partial charge in [-0.15, -0.1) is 0 Å². The summed E-state index contributed by atoms with van der Waals surface area (Å²) in [5, 5.41) is 11.4. The molecule has 27 heavy (non-hydrogen) atoms. The molecule has 0 fully saturated rings. The zero-order chi connectivity index (χ0) is 20.0. The standard InChI is InChI=1S/C19H18N2O5S/c1-13(18(22)21-17-8-4-5-14(10-17)11-20)26-19(23)16-7-3-6-15(9-16)12-27(2,24)25/h3-10,13H,12H2,1-2H3,(H,21,22)/t13-/m0/s1. The Kier molecular flexibility index (Phi) is 6.32. The van der Waals surface area contributed by atoms with Crippen molar-refractivity contribution >= 4 is 27.4 Å². The molecule has 0 aromatic heterocycles. The van der Waals surface area contributed by atoms with Crippen LogP contribution in [0.25, 0.3) is 0 Å². The van der Waals surface area contributed by atoms with Crippen molar-refractivity contribution in [3.8, 4) is 6.07 Å². The van der Waals surface area contributed by atoms with Crippen molar-refractivity contribution < 1.29 is 22.7 Å². The first kappa shape index (κ1) is 20.1. The SMILES string of the molecule is C[C@H](OC(=O)c1cccc(CS(C)(=O)=O)c1)C(=O)Nc1cccc(C#N)c1. The molecule has 0 unspecified atom stereocenters. The maximum absolute atomic E-state index is 12.2. The number of hydrogen-bond donors (Lipinski definition) is 1. The van der Waals surface area contributed by atoms with Crippen molar-refractivity contribution in [3.63, 3.8) is 0 Å². The summed E-state index contributed by atoms with van der Waals surface area (Å²) in [6.45, 7) is 1.42. The quantitative estimate of drug-likeness (QED) is 0.762. The largest absolute Gasteiger partial charge is 0.449 e. The molecule has 1 atom stereocenters. The van der Waals surface area contributed by atoms with E-state index >= 15 is 0 Å². The third-order valence-electron chi connectivity index (χ3n) is 3.50. The lowest BCUT2D eigenvalue weighted by Gasteiger charge is -2.14. The highest BCUT2D eigenvalue weighted by atomic mass is 32.2. The van der Waals surface area contributed by atoms with Crippen LogP contribution < -0.4 is 5.32 Å². The molecular weight excluding hydrogens is 368 g/mol. The molecule has 1 N–H and O–H groups in total. The zero-order valence-corrected chi connectivity index (χ0v) is 15.6. The van der Waals surface area contributed by atoms with E-state index in [9.17, 15) is 18.0 Å². The van der Waals surface area contributed by atoms with Crippen molar-refractivity contribution in [2.24, 2.45) is 0 Å². The first-order chi connectivity index (χ1) is 12.7. The topological polar surface area (TPSA) is 113 Å². The van der Waals surface area contributed by atoms with Crippen molar-refractivity contribution in [2.75, 3.05) is 11.6 Å². The summed E-state index contributed by atoms with van der Waals surface area (Å²) < 4.78 is 27.9. The molecule has 0 heterocycles. The average molecular weight is 386 g/mol. The van der Waals surface area contributed by atoms with Crippen LogP contribution >= 0.6 is 0 Å². The molecule has 0 aliphatic rings. The number of anilines is 1. The summed E-state index contributed by atoms with van der Waals surface area (Å²) in [4.78, 5) is 24.4. The van der Waals surface area contributed by atoms with E-state index in [-0.39, 0.29) is 11.3 Å². The fourth-order valence-corrected chi connectivity index (χ4v) is 3.07. The highest BCUT2D eigenvalue weighted by Gasteiger charge is 2.19. The van der Waals surface area contributed by atoms with Gasteiger partial charge in [-0.2, -0.15) is 5.26 Å². The summed E-state index contributed by atoms with van der Waals surface area (Å²) in [6, 6.07) is 14.3. The molecule has 0 saturated heterocycles. The first-order valence-corrected chi connectivity index (χ1v) is 10.0. The van der Waals surface area contributed by atoms with Crippen LogP contribution in [0, 0.1) is 11.3 Å². The molecule has 0 aliphatic heterocycles. The number of carbonyl (C=O) groups excluding carboxylic acids is 2. The summed E-state index contributed by atoms with van der Waals surface area (Å²) in [7, 11) is -3.24. The first-order valence-electron chi connectivity index (χ1n) is 7.96. The Morgan fingerprint density at radius 3 is 2.56 bits per heavy atom. The molecule has 0 spiro atoms. The number of nitrogens with one attached hydrogen (secondary N) is 1. The average Bonchev–Trinajstić information content (AvgIpc) is 2.60. The molecule has 0 saturated carbocycles. The second kappa shape index (κ2) is 8.47. The van der Waals surface area contributed by atoms with Crippen molar-refractivity contribution in [3.05, 3.63) is 65.2 Å². The smallest absolute Gasteiger partial charge is 0.338 e. The van der Waals surface area contributed by atoms with Gasteiger partial charge in [0.1, 0.15) is 0 Å². The van der Waals surface area contributed by atoms with E-state index < -0.39 is 27.8 Å². The number of amides is 1. The van der Waals surface area contributed by atoms with Crippen LogP contribution in [0.4, 0.5) is 5.69 Å². The molecule has 7 nitrogen and oxygen atoms in total. The molecule has 2 aromatic carbocycles. The van der Waals surface area contributed by atoms with Crippen LogP contribution in [0.2, 0.25) is 0 Å². The van der Waals surface area contributed by atoms with E-state index in [1.807, 2.05) is 6.07 Å². The van der Waals surface area contributed by atoms with Crippen LogP contribution in [0.5, 0.6) is 0 Å². The number of nitriles is 1. The number of esters is 1. The molecule has 0 aliphatic carbocycles.